The van der Waals surface area contributed by atoms with E-state index in [0.29, 0.717) is 16.3 Å². The van der Waals surface area contributed by atoms with Gasteiger partial charge >= 0.3 is 5.97 Å². The third kappa shape index (κ3) is 4.37. The van der Waals surface area contributed by atoms with Gasteiger partial charge in [0.25, 0.3) is 17.7 Å². The maximum atomic E-state index is 13.3. The van der Waals surface area contributed by atoms with Gasteiger partial charge in [-0.3, -0.25) is 29.5 Å². The van der Waals surface area contributed by atoms with Gasteiger partial charge in [-0.2, -0.15) is 5.01 Å². The highest BCUT2D eigenvalue weighted by atomic mass is 35.5. The number of thiocarbonyl (C=S) groups is 1. The van der Waals surface area contributed by atoms with E-state index in [9.17, 15) is 19.2 Å². The van der Waals surface area contributed by atoms with Gasteiger partial charge in [0, 0.05) is 16.1 Å². The smallest absolute Gasteiger partial charge is 0.326 e. The molecule has 2 aliphatic rings. The predicted molar refractivity (Wildman–Crippen MR) is 128 cm³/mol. The van der Waals surface area contributed by atoms with Crippen LogP contribution in [0.4, 0.5) is 5.69 Å². The molecule has 0 spiro atoms. The summed E-state index contributed by atoms with van der Waals surface area (Å²) in [5, 5.41) is 1.29. The Bertz CT molecular complexity index is 1250. The topological polar surface area (TPSA) is 96.0 Å². The van der Waals surface area contributed by atoms with Crippen molar-refractivity contribution < 1.29 is 23.9 Å². The Kier molecular flexibility index (Phi) is 6.50. The molecule has 168 valence electrons. The monoisotopic (exact) mass is 501 g/mol. The zero-order valence-electron chi connectivity index (χ0n) is 17.2. The lowest BCUT2D eigenvalue weighted by Crippen LogP contribution is -2.45. The minimum Gasteiger partial charge on any atom is -0.465 e. The van der Waals surface area contributed by atoms with E-state index in [2.05, 4.69) is 5.43 Å². The first-order chi connectivity index (χ1) is 15.8. The lowest BCUT2D eigenvalue weighted by molar-refractivity contribution is -0.142. The molecular formula is C22H16ClN3O5S2. The number of nitrogens with zero attached hydrogens (tertiary/aromatic N) is 2. The summed E-state index contributed by atoms with van der Waals surface area (Å²) < 4.78 is 5.03. The number of halogens is 1. The van der Waals surface area contributed by atoms with Crippen molar-refractivity contribution >= 4 is 74.9 Å². The molecule has 2 heterocycles. The summed E-state index contributed by atoms with van der Waals surface area (Å²) in [4.78, 5) is 52.4. The fourth-order valence-electron chi connectivity index (χ4n) is 3.40. The molecule has 0 atom stereocenters. The fourth-order valence-corrected chi connectivity index (χ4v) is 4.84. The third-order valence-electron chi connectivity index (χ3n) is 4.81. The van der Waals surface area contributed by atoms with Gasteiger partial charge in [0.2, 0.25) is 0 Å². The zero-order chi connectivity index (χ0) is 23.7. The van der Waals surface area contributed by atoms with Crippen LogP contribution in [0.3, 0.4) is 0 Å². The number of anilines is 1. The standard InChI is InChI=1S/C22H16ClN3O5S2/c1-2-31-16(27)11-25-15-9-4-3-8-14(15)17(20(25)29)18-21(30)26(22(32)33-18)24-19(28)12-6-5-7-13(23)10-12/h3-10H,2,11H2,1H3,(H,24,28)/b18-17-. The highest BCUT2D eigenvalue weighted by Gasteiger charge is 2.43. The molecule has 2 aromatic carbocycles. The van der Waals surface area contributed by atoms with Crippen molar-refractivity contribution in [2.45, 2.75) is 6.92 Å². The molecule has 1 fully saturated rings. The average molecular weight is 502 g/mol. The average Bonchev–Trinajstić information content (AvgIpc) is 3.21. The second-order valence-corrected chi connectivity index (χ2v) is 8.96. The Balaban J connectivity index is 1.66. The van der Waals surface area contributed by atoms with Crippen molar-refractivity contribution in [3.05, 3.63) is 69.6 Å². The molecule has 0 radical (unpaired) electrons. The molecule has 11 heteroatoms. The number of para-hydroxylation sites is 1. The van der Waals surface area contributed by atoms with E-state index < -0.39 is 23.7 Å². The lowest BCUT2D eigenvalue weighted by Gasteiger charge is -2.16. The molecule has 1 saturated heterocycles. The van der Waals surface area contributed by atoms with Crippen LogP contribution in [0.15, 0.2) is 53.4 Å². The largest absolute Gasteiger partial charge is 0.465 e. The summed E-state index contributed by atoms with van der Waals surface area (Å²) in [5.74, 6) is -2.31. The number of amides is 3. The normalized spacial score (nSPS) is 17.5. The van der Waals surface area contributed by atoms with E-state index in [4.69, 9.17) is 28.6 Å². The van der Waals surface area contributed by atoms with Gasteiger partial charge in [0.1, 0.15) is 6.54 Å². The minimum atomic E-state index is -0.642. The van der Waals surface area contributed by atoms with Gasteiger partial charge in [0.15, 0.2) is 4.32 Å². The van der Waals surface area contributed by atoms with Crippen LogP contribution < -0.4 is 10.3 Å². The number of nitrogens with one attached hydrogen (secondary N) is 1. The number of thioether (sulfide) groups is 1. The molecule has 2 aliphatic heterocycles. The first kappa shape index (κ1) is 23.0. The second-order valence-electron chi connectivity index (χ2n) is 6.88. The van der Waals surface area contributed by atoms with Crippen molar-refractivity contribution in [1.29, 1.82) is 0 Å². The van der Waals surface area contributed by atoms with Gasteiger partial charge in [-0.05, 0) is 43.4 Å². The van der Waals surface area contributed by atoms with E-state index in [0.717, 1.165) is 16.8 Å². The zero-order valence-corrected chi connectivity index (χ0v) is 19.6. The molecule has 1 N–H and O–H groups in total. The van der Waals surface area contributed by atoms with Crippen molar-refractivity contribution in [3.8, 4) is 0 Å². The lowest BCUT2D eigenvalue weighted by atomic mass is 10.1. The molecule has 4 rings (SSSR count). The van der Waals surface area contributed by atoms with Crippen molar-refractivity contribution in [2.75, 3.05) is 18.1 Å². The Hall–Kier alpha value is -3.21. The number of hydrazine groups is 1. The fraction of sp³-hybridized carbons (Fsp3) is 0.136. The summed E-state index contributed by atoms with van der Waals surface area (Å²) in [6.45, 7) is 1.56. The molecule has 0 unspecified atom stereocenters. The molecular weight excluding hydrogens is 486 g/mol. The summed E-state index contributed by atoms with van der Waals surface area (Å²) in [5.41, 5.74) is 3.80. The Morgan fingerprint density at radius 2 is 1.88 bits per heavy atom. The number of esters is 1. The van der Waals surface area contributed by atoms with Crippen LogP contribution in [0.5, 0.6) is 0 Å². The number of hydrogen-bond acceptors (Lipinski definition) is 7. The number of carbonyl (C=O) groups excluding carboxylic acids is 4. The first-order valence-corrected chi connectivity index (χ1v) is 11.4. The van der Waals surface area contributed by atoms with Crippen LogP contribution in [0, 0.1) is 0 Å². The van der Waals surface area contributed by atoms with Crippen LogP contribution in [-0.2, 0) is 19.1 Å². The van der Waals surface area contributed by atoms with Crippen LogP contribution in [-0.4, -0.2) is 46.2 Å². The number of carbonyl (C=O) groups is 4. The Morgan fingerprint density at radius 3 is 2.61 bits per heavy atom. The molecule has 2 aromatic rings. The summed E-state index contributed by atoms with van der Waals surface area (Å²) in [7, 11) is 0. The minimum absolute atomic E-state index is 0.0620. The van der Waals surface area contributed by atoms with Gasteiger partial charge in [-0.15, -0.1) is 0 Å². The molecule has 33 heavy (non-hydrogen) atoms. The van der Waals surface area contributed by atoms with E-state index in [1.807, 2.05) is 0 Å². The quantitative estimate of drug-likeness (QED) is 0.382. The van der Waals surface area contributed by atoms with Gasteiger partial charge in [-0.25, -0.2) is 0 Å². The SMILES string of the molecule is CCOC(=O)CN1C(=O)/C(=C2\SC(=S)N(NC(=O)c3cccc(Cl)c3)C2=O)c2ccccc21. The number of ether oxygens (including phenoxy) is 1. The van der Waals surface area contributed by atoms with Crippen LogP contribution in [0.2, 0.25) is 5.02 Å². The van der Waals surface area contributed by atoms with Crippen molar-refractivity contribution in [2.24, 2.45) is 0 Å². The van der Waals surface area contributed by atoms with Crippen molar-refractivity contribution in [3.63, 3.8) is 0 Å². The van der Waals surface area contributed by atoms with Gasteiger partial charge in [0.05, 0.1) is 22.8 Å². The number of rotatable bonds is 5. The Labute approximate surface area is 203 Å². The molecule has 0 aliphatic carbocycles. The summed E-state index contributed by atoms with van der Waals surface area (Å²) >= 11 is 12.1. The number of benzene rings is 2. The maximum absolute atomic E-state index is 13.3. The molecule has 0 aromatic heterocycles. The molecule has 8 nitrogen and oxygen atoms in total. The van der Waals surface area contributed by atoms with E-state index in [1.54, 1.807) is 49.4 Å². The van der Waals surface area contributed by atoms with Gasteiger partial charge in [-0.1, -0.05) is 47.6 Å². The van der Waals surface area contributed by atoms with Crippen molar-refractivity contribution in [1.82, 2.24) is 10.4 Å². The highest BCUT2D eigenvalue weighted by molar-refractivity contribution is 8.26. The Morgan fingerprint density at radius 1 is 1.12 bits per heavy atom. The van der Waals surface area contributed by atoms with E-state index in [-0.39, 0.29) is 33.5 Å². The first-order valence-electron chi connectivity index (χ1n) is 9.75. The van der Waals surface area contributed by atoms with Crippen LogP contribution in [0.1, 0.15) is 22.8 Å². The second kappa shape index (κ2) is 9.34. The summed E-state index contributed by atoms with van der Waals surface area (Å²) in [6, 6.07) is 13.0. The number of hydrogen-bond donors (Lipinski definition) is 1. The molecule has 0 saturated carbocycles. The summed E-state index contributed by atoms with van der Waals surface area (Å²) in [6.07, 6.45) is 0. The highest BCUT2D eigenvalue weighted by Crippen LogP contribution is 2.44. The third-order valence-corrected chi connectivity index (χ3v) is 6.42. The maximum Gasteiger partial charge on any atom is 0.326 e. The van der Waals surface area contributed by atoms with Gasteiger partial charge < -0.3 is 4.74 Å². The van der Waals surface area contributed by atoms with E-state index in [1.165, 1.54) is 11.0 Å². The van der Waals surface area contributed by atoms with Crippen LogP contribution >= 0.6 is 35.6 Å². The number of fused-ring (bicyclic) bond motifs is 1. The van der Waals surface area contributed by atoms with E-state index >= 15 is 0 Å². The molecule has 0 bridgehead atoms. The predicted octanol–water partition coefficient (Wildman–Crippen LogP) is 3.17. The van der Waals surface area contributed by atoms with Crippen LogP contribution in [0.25, 0.3) is 5.57 Å². The molecule has 3 amide bonds.